The maximum absolute atomic E-state index is 11.9. The van der Waals surface area contributed by atoms with E-state index in [1.165, 1.54) is 6.07 Å². The van der Waals surface area contributed by atoms with Gasteiger partial charge in [-0.1, -0.05) is 46.9 Å². The first-order valence-corrected chi connectivity index (χ1v) is 9.43. The van der Waals surface area contributed by atoms with Gasteiger partial charge in [-0.05, 0) is 36.8 Å². The number of nitrogens with one attached hydrogen (secondary N) is 2. The van der Waals surface area contributed by atoms with Crippen LogP contribution in [0.2, 0.25) is 15.1 Å². The maximum Gasteiger partial charge on any atom is 0.306 e. The first kappa shape index (κ1) is 22.0. The molecule has 28 heavy (non-hydrogen) atoms. The van der Waals surface area contributed by atoms with E-state index < -0.39 is 18.5 Å². The van der Waals surface area contributed by atoms with Gasteiger partial charge in [0.15, 0.2) is 6.61 Å². The molecule has 0 aliphatic carbocycles. The number of para-hydroxylation sites is 1. The Balaban J connectivity index is 1.65. The van der Waals surface area contributed by atoms with Crippen molar-refractivity contribution < 1.29 is 19.1 Å². The summed E-state index contributed by atoms with van der Waals surface area (Å²) in [5.41, 5.74) is 0.947. The molecular weight excluding hydrogens is 427 g/mol. The van der Waals surface area contributed by atoms with Gasteiger partial charge in [0.25, 0.3) is 5.91 Å². The van der Waals surface area contributed by atoms with Crippen LogP contribution in [0.3, 0.4) is 0 Å². The van der Waals surface area contributed by atoms with Gasteiger partial charge in [-0.15, -0.1) is 0 Å². The van der Waals surface area contributed by atoms with Gasteiger partial charge in [-0.2, -0.15) is 0 Å². The third-order valence-corrected chi connectivity index (χ3v) is 4.57. The molecule has 6 nitrogen and oxygen atoms in total. The van der Waals surface area contributed by atoms with Crippen LogP contribution in [-0.2, 0) is 19.1 Å². The molecule has 0 aliphatic heterocycles. The van der Waals surface area contributed by atoms with Crippen molar-refractivity contribution in [3.05, 3.63) is 57.5 Å². The molecule has 0 aliphatic rings. The van der Waals surface area contributed by atoms with Crippen molar-refractivity contribution in [1.29, 1.82) is 0 Å². The number of hydrogen-bond donors (Lipinski definition) is 2. The number of rotatable bonds is 8. The molecule has 9 heteroatoms. The molecule has 148 valence electrons. The zero-order chi connectivity index (χ0) is 20.5. The smallest absolute Gasteiger partial charge is 0.306 e. The highest BCUT2D eigenvalue weighted by Gasteiger charge is 2.11. The van der Waals surface area contributed by atoms with Gasteiger partial charge in [-0.25, -0.2) is 0 Å². The summed E-state index contributed by atoms with van der Waals surface area (Å²) in [5, 5.41) is 6.30. The van der Waals surface area contributed by atoms with Crippen molar-refractivity contribution in [2.45, 2.75) is 19.3 Å². The Morgan fingerprint density at radius 2 is 1.57 bits per heavy atom. The van der Waals surface area contributed by atoms with Gasteiger partial charge < -0.3 is 15.4 Å². The minimum atomic E-state index is -0.573. The van der Waals surface area contributed by atoms with E-state index in [4.69, 9.17) is 39.5 Å². The summed E-state index contributed by atoms with van der Waals surface area (Å²) in [4.78, 5) is 35.3. The fourth-order valence-corrected chi connectivity index (χ4v) is 2.64. The molecule has 0 saturated heterocycles. The zero-order valence-corrected chi connectivity index (χ0v) is 16.9. The second-order valence-corrected chi connectivity index (χ2v) is 6.94. The normalized spacial score (nSPS) is 10.2. The maximum atomic E-state index is 11.9. The highest BCUT2D eigenvalue weighted by molar-refractivity contribution is 6.42. The van der Waals surface area contributed by atoms with Crippen LogP contribution in [0.5, 0.6) is 0 Å². The third-order valence-electron chi connectivity index (χ3n) is 3.50. The van der Waals surface area contributed by atoms with E-state index in [0.29, 0.717) is 26.4 Å². The number of carbonyl (C=O) groups is 3. The van der Waals surface area contributed by atoms with E-state index in [1.807, 2.05) is 0 Å². The molecular formula is C19H17Cl3N2O4. The number of esters is 1. The highest BCUT2D eigenvalue weighted by Crippen LogP contribution is 2.25. The molecule has 2 aromatic carbocycles. The van der Waals surface area contributed by atoms with Crippen LogP contribution in [0.25, 0.3) is 0 Å². The number of benzene rings is 2. The summed E-state index contributed by atoms with van der Waals surface area (Å²) in [5.74, 6) is -1.35. The first-order valence-electron chi connectivity index (χ1n) is 8.30. The molecule has 0 unspecified atom stereocenters. The highest BCUT2D eigenvalue weighted by atomic mass is 35.5. The largest absolute Gasteiger partial charge is 0.456 e. The van der Waals surface area contributed by atoms with E-state index >= 15 is 0 Å². The fraction of sp³-hybridized carbons (Fsp3) is 0.211. The summed E-state index contributed by atoms with van der Waals surface area (Å²) in [6.07, 6.45) is 0.396. The molecule has 0 radical (unpaired) electrons. The van der Waals surface area contributed by atoms with Crippen molar-refractivity contribution in [3.63, 3.8) is 0 Å². The molecule has 0 fully saturated rings. The molecule has 0 spiro atoms. The topological polar surface area (TPSA) is 84.5 Å². The standard InChI is InChI=1S/C19H17Cl3N2O4/c20-13-9-8-12(10-15(13)22)23-17(25)6-3-7-19(27)28-11-18(26)24-16-5-2-1-4-14(16)21/h1-2,4-5,8-10H,3,6-7,11H2,(H,23,25)(H,24,26). The van der Waals surface area contributed by atoms with Gasteiger partial charge in [0.1, 0.15) is 0 Å². The van der Waals surface area contributed by atoms with E-state index in [1.54, 1.807) is 36.4 Å². The number of hydrogen-bond acceptors (Lipinski definition) is 4. The van der Waals surface area contributed by atoms with Crippen LogP contribution in [0.4, 0.5) is 11.4 Å². The van der Waals surface area contributed by atoms with Crippen molar-refractivity contribution in [2.75, 3.05) is 17.2 Å². The molecule has 2 aromatic rings. The lowest BCUT2D eigenvalue weighted by atomic mass is 10.2. The van der Waals surface area contributed by atoms with Gasteiger partial charge in [0.05, 0.1) is 20.8 Å². The lowest BCUT2D eigenvalue weighted by Gasteiger charge is -2.08. The Morgan fingerprint density at radius 1 is 0.821 bits per heavy atom. The zero-order valence-electron chi connectivity index (χ0n) is 14.6. The lowest BCUT2D eigenvalue weighted by Crippen LogP contribution is -2.21. The minimum Gasteiger partial charge on any atom is -0.456 e. The quantitative estimate of drug-likeness (QED) is 0.566. The van der Waals surface area contributed by atoms with Crippen molar-refractivity contribution in [3.8, 4) is 0 Å². The number of halogens is 3. The number of anilines is 2. The molecule has 0 aromatic heterocycles. The molecule has 2 rings (SSSR count). The minimum absolute atomic E-state index is 0.00810. The third kappa shape index (κ3) is 7.38. The summed E-state index contributed by atoms with van der Waals surface area (Å²) in [6, 6.07) is 11.4. The van der Waals surface area contributed by atoms with E-state index in [0.717, 1.165) is 0 Å². The summed E-state index contributed by atoms with van der Waals surface area (Å²) < 4.78 is 4.89. The number of carbonyl (C=O) groups excluding carboxylic acids is 3. The van der Waals surface area contributed by atoms with Crippen molar-refractivity contribution in [1.82, 2.24) is 0 Å². The Bertz CT molecular complexity index is 874. The van der Waals surface area contributed by atoms with Crippen molar-refractivity contribution >= 4 is 64.0 Å². The SMILES string of the molecule is O=C(CCCC(=O)OCC(=O)Nc1ccccc1Cl)Nc1ccc(Cl)c(Cl)c1. The molecule has 0 heterocycles. The second-order valence-electron chi connectivity index (χ2n) is 5.72. The lowest BCUT2D eigenvalue weighted by molar-refractivity contribution is -0.147. The molecule has 0 bridgehead atoms. The first-order chi connectivity index (χ1) is 13.3. The van der Waals surface area contributed by atoms with Crippen LogP contribution in [0.1, 0.15) is 19.3 Å². The van der Waals surface area contributed by atoms with Crippen LogP contribution in [0.15, 0.2) is 42.5 Å². The Hall–Kier alpha value is -2.28. The summed E-state index contributed by atoms with van der Waals surface area (Å²) in [7, 11) is 0. The van der Waals surface area contributed by atoms with E-state index in [-0.39, 0.29) is 25.2 Å². The van der Waals surface area contributed by atoms with E-state index in [9.17, 15) is 14.4 Å². The number of amides is 2. The summed E-state index contributed by atoms with van der Waals surface area (Å²) in [6.45, 7) is -0.431. The molecule has 0 saturated carbocycles. The van der Waals surface area contributed by atoms with Gasteiger partial charge in [0, 0.05) is 18.5 Å². The molecule has 0 atom stereocenters. The summed E-state index contributed by atoms with van der Waals surface area (Å²) >= 11 is 17.6. The average Bonchev–Trinajstić information content (AvgIpc) is 2.65. The van der Waals surface area contributed by atoms with Crippen molar-refractivity contribution in [2.24, 2.45) is 0 Å². The van der Waals surface area contributed by atoms with Gasteiger partial charge in [0.2, 0.25) is 5.91 Å². The molecule has 2 amide bonds. The Morgan fingerprint density at radius 3 is 2.29 bits per heavy atom. The van der Waals surface area contributed by atoms with Crippen LogP contribution >= 0.6 is 34.8 Å². The Kier molecular flexibility index (Phi) is 8.57. The Labute approximate surface area is 177 Å². The molecule has 2 N–H and O–H groups in total. The van der Waals surface area contributed by atoms with Gasteiger partial charge in [-0.3, -0.25) is 14.4 Å². The van der Waals surface area contributed by atoms with E-state index in [2.05, 4.69) is 10.6 Å². The predicted octanol–water partition coefficient (Wildman–Crippen LogP) is 4.94. The van der Waals surface area contributed by atoms with Crippen LogP contribution < -0.4 is 10.6 Å². The van der Waals surface area contributed by atoms with Crippen LogP contribution in [0, 0.1) is 0 Å². The van der Waals surface area contributed by atoms with Gasteiger partial charge >= 0.3 is 5.97 Å². The second kappa shape index (κ2) is 10.9. The average molecular weight is 444 g/mol. The number of ether oxygens (including phenoxy) is 1. The van der Waals surface area contributed by atoms with Crippen LogP contribution in [-0.4, -0.2) is 24.4 Å². The fourth-order valence-electron chi connectivity index (χ4n) is 2.16. The monoisotopic (exact) mass is 442 g/mol. The predicted molar refractivity (Wildman–Crippen MR) is 110 cm³/mol.